The summed E-state index contributed by atoms with van der Waals surface area (Å²) in [7, 11) is 0. The van der Waals surface area contributed by atoms with Gasteiger partial charge in [0.15, 0.2) is 0 Å². The number of rotatable bonds is 6. The molecule has 0 spiro atoms. The van der Waals surface area contributed by atoms with E-state index in [1.165, 1.54) is 0 Å². The van der Waals surface area contributed by atoms with Crippen LogP contribution in [0.1, 0.15) is 30.1 Å². The van der Waals surface area contributed by atoms with Gasteiger partial charge in [-0.15, -0.1) is 0 Å². The van der Waals surface area contributed by atoms with Gasteiger partial charge in [0.2, 0.25) is 5.91 Å². The quantitative estimate of drug-likeness (QED) is 0.782. The van der Waals surface area contributed by atoms with Crippen LogP contribution in [0.15, 0.2) is 28.7 Å². The van der Waals surface area contributed by atoms with Crippen LogP contribution in [-0.4, -0.2) is 24.9 Å². The first-order valence-corrected chi connectivity index (χ1v) is 7.68. The average Bonchev–Trinajstić information content (AvgIpc) is 3.15. The molecule has 1 saturated carbocycles. The molecule has 2 atom stereocenters. The number of hydrogen-bond donors (Lipinski definition) is 2. The third-order valence-electron chi connectivity index (χ3n) is 3.47. The molecule has 1 aromatic carbocycles. The zero-order chi connectivity index (χ0) is 14.5. The van der Waals surface area contributed by atoms with Crippen molar-refractivity contribution in [2.75, 3.05) is 13.1 Å². The molecule has 1 aliphatic rings. The molecular formula is C15H19BrN2O2. The predicted octanol–water partition coefficient (Wildman–Crippen LogP) is 2.34. The van der Waals surface area contributed by atoms with Crippen LogP contribution in [0.3, 0.4) is 0 Å². The Bertz CT molecular complexity index is 504. The number of carbonyl (C=O) groups is 2. The van der Waals surface area contributed by atoms with Crippen LogP contribution < -0.4 is 10.6 Å². The fourth-order valence-corrected chi connectivity index (χ4v) is 2.45. The van der Waals surface area contributed by atoms with Crippen molar-refractivity contribution in [3.63, 3.8) is 0 Å². The van der Waals surface area contributed by atoms with Crippen molar-refractivity contribution < 1.29 is 9.59 Å². The van der Waals surface area contributed by atoms with Crippen molar-refractivity contribution in [2.45, 2.75) is 19.8 Å². The molecule has 2 amide bonds. The molecular weight excluding hydrogens is 320 g/mol. The van der Waals surface area contributed by atoms with Crippen molar-refractivity contribution >= 4 is 27.7 Å². The summed E-state index contributed by atoms with van der Waals surface area (Å²) in [6.45, 7) is 3.26. The number of halogens is 1. The third kappa shape index (κ3) is 4.34. The largest absolute Gasteiger partial charge is 0.356 e. The van der Waals surface area contributed by atoms with Gasteiger partial charge in [-0.1, -0.05) is 28.9 Å². The lowest BCUT2D eigenvalue weighted by atomic mass is 10.2. The van der Waals surface area contributed by atoms with E-state index in [1.54, 1.807) is 12.1 Å². The zero-order valence-corrected chi connectivity index (χ0v) is 13.1. The molecule has 2 unspecified atom stereocenters. The predicted molar refractivity (Wildman–Crippen MR) is 81.4 cm³/mol. The summed E-state index contributed by atoms with van der Waals surface area (Å²) in [4.78, 5) is 23.4. The lowest BCUT2D eigenvalue weighted by molar-refractivity contribution is -0.122. The third-order valence-corrected chi connectivity index (χ3v) is 3.96. The average molecular weight is 339 g/mol. The maximum atomic E-state index is 11.8. The van der Waals surface area contributed by atoms with Crippen molar-refractivity contribution in [1.82, 2.24) is 10.6 Å². The number of amides is 2. The normalized spacial score (nSPS) is 20.3. The van der Waals surface area contributed by atoms with Crippen molar-refractivity contribution in [2.24, 2.45) is 11.8 Å². The molecule has 1 aliphatic carbocycles. The summed E-state index contributed by atoms with van der Waals surface area (Å²) in [5, 5.41) is 5.74. The van der Waals surface area contributed by atoms with Crippen LogP contribution in [0.25, 0.3) is 0 Å². The highest BCUT2D eigenvalue weighted by molar-refractivity contribution is 9.10. The van der Waals surface area contributed by atoms with Gasteiger partial charge >= 0.3 is 0 Å². The van der Waals surface area contributed by atoms with Crippen molar-refractivity contribution in [1.29, 1.82) is 0 Å². The molecule has 5 heteroatoms. The summed E-state index contributed by atoms with van der Waals surface area (Å²) in [5.41, 5.74) is 0.634. The standard InChI is InChI=1S/C15H19BrN2O2/c1-10-8-13(10)15(20)18-7-3-6-17-14(19)11-4-2-5-12(16)9-11/h2,4-5,9-10,13H,3,6-8H2,1H3,(H,17,19)(H,18,20). The molecule has 0 heterocycles. The zero-order valence-electron chi connectivity index (χ0n) is 11.5. The van der Waals surface area contributed by atoms with Gasteiger partial charge in [0.25, 0.3) is 5.91 Å². The number of carbonyl (C=O) groups excluding carboxylic acids is 2. The van der Waals surface area contributed by atoms with Crippen LogP contribution >= 0.6 is 15.9 Å². The van der Waals surface area contributed by atoms with E-state index in [9.17, 15) is 9.59 Å². The molecule has 2 rings (SSSR count). The van der Waals surface area contributed by atoms with Gasteiger partial charge in [-0.2, -0.15) is 0 Å². The van der Waals surface area contributed by atoms with Gasteiger partial charge in [0.05, 0.1) is 0 Å². The molecule has 0 aromatic heterocycles. The molecule has 0 aliphatic heterocycles. The molecule has 1 aromatic rings. The van der Waals surface area contributed by atoms with E-state index < -0.39 is 0 Å². The monoisotopic (exact) mass is 338 g/mol. The first-order valence-electron chi connectivity index (χ1n) is 6.89. The second-order valence-electron chi connectivity index (χ2n) is 5.23. The van der Waals surface area contributed by atoms with Gasteiger partial charge in [-0.25, -0.2) is 0 Å². The molecule has 0 bridgehead atoms. The Balaban J connectivity index is 1.61. The second-order valence-corrected chi connectivity index (χ2v) is 6.15. The van der Waals surface area contributed by atoms with Gasteiger partial charge < -0.3 is 10.6 Å². The Labute approximate surface area is 127 Å². The van der Waals surface area contributed by atoms with Crippen LogP contribution in [0.2, 0.25) is 0 Å². The van der Waals surface area contributed by atoms with E-state index in [4.69, 9.17) is 0 Å². The fourth-order valence-electron chi connectivity index (χ4n) is 2.05. The molecule has 4 nitrogen and oxygen atoms in total. The highest BCUT2D eigenvalue weighted by Crippen LogP contribution is 2.37. The molecule has 0 saturated heterocycles. The van der Waals surface area contributed by atoms with E-state index in [-0.39, 0.29) is 17.7 Å². The summed E-state index contributed by atoms with van der Waals surface area (Å²) >= 11 is 3.34. The summed E-state index contributed by atoms with van der Waals surface area (Å²) in [5.74, 6) is 0.807. The van der Waals surface area contributed by atoms with Gasteiger partial charge in [-0.3, -0.25) is 9.59 Å². The lowest BCUT2D eigenvalue weighted by Gasteiger charge is -2.07. The van der Waals surface area contributed by atoms with Crippen LogP contribution in [-0.2, 0) is 4.79 Å². The topological polar surface area (TPSA) is 58.2 Å². The van der Waals surface area contributed by atoms with Crippen molar-refractivity contribution in [3.8, 4) is 0 Å². The minimum absolute atomic E-state index is 0.0894. The number of hydrogen-bond acceptors (Lipinski definition) is 2. The Kier molecular flexibility index (Phi) is 5.17. The minimum atomic E-state index is -0.0894. The van der Waals surface area contributed by atoms with Crippen molar-refractivity contribution in [3.05, 3.63) is 34.3 Å². The van der Waals surface area contributed by atoms with E-state index >= 15 is 0 Å². The number of nitrogens with one attached hydrogen (secondary N) is 2. The molecule has 20 heavy (non-hydrogen) atoms. The van der Waals surface area contributed by atoms with Crippen LogP contribution in [0.4, 0.5) is 0 Å². The Morgan fingerprint density at radius 3 is 2.65 bits per heavy atom. The van der Waals surface area contributed by atoms with E-state index in [0.717, 1.165) is 17.3 Å². The number of benzene rings is 1. The lowest BCUT2D eigenvalue weighted by Crippen LogP contribution is -2.30. The highest BCUT2D eigenvalue weighted by Gasteiger charge is 2.38. The van der Waals surface area contributed by atoms with Crippen LogP contribution in [0, 0.1) is 11.8 Å². The first-order chi connectivity index (χ1) is 9.58. The highest BCUT2D eigenvalue weighted by atomic mass is 79.9. The Hall–Kier alpha value is -1.36. The Morgan fingerprint density at radius 2 is 2.00 bits per heavy atom. The molecule has 2 N–H and O–H groups in total. The van der Waals surface area contributed by atoms with E-state index in [0.29, 0.717) is 24.6 Å². The van der Waals surface area contributed by atoms with E-state index in [1.807, 2.05) is 12.1 Å². The molecule has 108 valence electrons. The van der Waals surface area contributed by atoms with Crippen LogP contribution in [0.5, 0.6) is 0 Å². The SMILES string of the molecule is CC1CC1C(=O)NCCCNC(=O)c1cccc(Br)c1. The summed E-state index contributed by atoms with van der Waals surface area (Å²) in [6, 6.07) is 7.27. The van der Waals surface area contributed by atoms with Gasteiger partial charge in [0.1, 0.15) is 0 Å². The maximum absolute atomic E-state index is 11.8. The molecule has 1 fully saturated rings. The minimum Gasteiger partial charge on any atom is -0.356 e. The molecule has 0 radical (unpaired) electrons. The van der Waals surface area contributed by atoms with Gasteiger partial charge in [0, 0.05) is 29.0 Å². The van der Waals surface area contributed by atoms with E-state index in [2.05, 4.69) is 33.5 Å². The summed E-state index contributed by atoms with van der Waals surface area (Å²) in [6.07, 6.45) is 1.75. The fraction of sp³-hybridized carbons (Fsp3) is 0.467. The maximum Gasteiger partial charge on any atom is 0.251 e. The summed E-state index contributed by atoms with van der Waals surface area (Å²) < 4.78 is 0.885. The first kappa shape index (κ1) is 15.0. The Morgan fingerprint density at radius 1 is 1.30 bits per heavy atom. The smallest absolute Gasteiger partial charge is 0.251 e. The van der Waals surface area contributed by atoms with Gasteiger partial charge in [-0.05, 0) is 37.0 Å². The second kappa shape index (κ2) is 6.88.